The number of rotatable bonds is 8. The van der Waals surface area contributed by atoms with E-state index in [0.29, 0.717) is 0 Å². The molecule has 0 radical (unpaired) electrons. The van der Waals surface area contributed by atoms with Gasteiger partial charge in [-0.05, 0) is 80.7 Å². The van der Waals surface area contributed by atoms with Crippen LogP contribution < -0.4 is 9.80 Å². The van der Waals surface area contributed by atoms with Gasteiger partial charge < -0.3 is 4.90 Å². The molecular weight excluding hydrogens is 748 g/mol. The number of anilines is 6. The minimum absolute atomic E-state index is 0. The van der Waals surface area contributed by atoms with Crippen LogP contribution in [0.5, 0.6) is 0 Å². The molecule has 7 heteroatoms. The van der Waals surface area contributed by atoms with E-state index in [0.717, 1.165) is 51.5 Å². The molecule has 7 rings (SSSR count). The largest absolute Gasteiger partial charge is 2.00 e. The van der Waals surface area contributed by atoms with Crippen molar-refractivity contribution in [1.29, 1.82) is 0 Å². The van der Waals surface area contributed by atoms with Gasteiger partial charge in [0.05, 0.1) is 0 Å². The molecular formula is C39H32N6Pt. The molecule has 0 aliphatic carbocycles. The zero-order chi connectivity index (χ0) is 30.8. The monoisotopic (exact) mass is 779 g/mol. The number of nitrogens with zero attached hydrogens (tertiary/aromatic N) is 6. The maximum Gasteiger partial charge on any atom is 2.00 e. The molecule has 5 aromatic carbocycles. The summed E-state index contributed by atoms with van der Waals surface area (Å²) in [4.78, 5) is 4.36. The van der Waals surface area contributed by atoms with Crippen LogP contribution in [0.4, 0.5) is 34.4 Å². The molecule has 0 spiro atoms. The van der Waals surface area contributed by atoms with Gasteiger partial charge in [0.2, 0.25) is 0 Å². The molecule has 0 N–H and O–H groups in total. The molecule has 0 fully saturated rings. The Labute approximate surface area is 284 Å². The molecule has 0 bridgehead atoms. The first kappa shape index (κ1) is 30.8. The van der Waals surface area contributed by atoms with Gasteiger partial charge in [0.25, 0.3) is 0 Å². The van der Waals surface area contributed by atoms with Gasteiger partial charge in [-0.15, -0.1) is 12.1 Å². The van der Waals surface area contributed by atoms with E-state index in [1.165, 1.54) is 11.1 Å². The average Bonchev–Trinajstić information content (AvgIpc) is 3.72. The topological polar surface area (TPSA) is 42.1 Å². The normalized spacial score (nSPS) is 10.8. The molecule has 7 aromatic rings. The summed E-state index contributed by atoms with van der Waals surface area (Å²) in [6.45, 7) is 6.27. The van der Waals surface area contributed by atoms with Gasteiger partial charge in [0.15, 0.2) is 11.6 Å². The minimum atomic E-state index is 0. The fraction of sp³-hybridized carbons (Fsp3) is 0.0769. The standard InChI is InChI=1S/C39H32N6.Pt/c1-29-14-18-33(19-15-29)43(34-20-16-30(2)17-21-34)35-22-24-36(25-23-35)44(38-26-27-42(40-38)32-10-6-4-7-11-32)39-28-31(3)45(41-39)37-12-8-5-9-13-37;/h4-10,12,14-28H,1-3H3;/q-2;+2. The van der Waals surface area contributed by atoms with Crippen LogP contribution in [0.25, 0.3) is 11.4 Å². The Bertz CT molecular complexity index is 1970. The van der Waals surface area contributed by atoms with Crippen molar-refractivity contribution in [2.45, 2.75) is 20.8 Å². The Morgan fingerprint density at radius 3 is 1.54 bits per heavy atom. The van der Waals surface area contributed by atoms with E-state index >= 15 is 0 Å². The van der Waals surface area contributed by atoms with Crippen LogP contribution in [0.15, 0.2) is 140 Å². The van der Waals surface area contributed by atoms with Crippen molar-refractivity contribution in [3.63, 3.8) is 0 Å². The number of hydrogen-bond donors (Lipinski definition) is 0. The predicted octanol–water partition coefficient (Wildman–Crippen LogP) is 9.52. The van der Waals surface area contributed by atoms with Crippen molar-refractivity contribution in [1.82, 2.24) is 19.6 Å². The van der Waals surface area contributed by atoms with Crippen LogP contribution >= 0.6 is 0 Å². The Kier molecular flexibility index (Phi) is 9.00. The maximum absolute atomic E-state index is 5.03. The summed E-state index contributed by atoms with van der Waals surface area (Å²) in [5.74, 6) is 1.50. The Hall–Kier alpha value is -5.19. The SMILES string of the molecule is Cc1ccc(N(c2ccc(C)cc2)c2ccc(N(c3ccn(-c4[c-]cccc4)n3)c3cc(C)n(-c4[c-]cccc4)n3)cc2)cc1.[Pt+2]. The summed E-state index contributed by atoms with van der Waals surface area (Å²) in [6, 6.07) is 52.1. The zero-order valence-corrected chi connectivity index (χ0v) is 28.1. The zero-order valence-electron chi connectivity index (χ0n) is 25.8. The van der Waals surface area contributed by atoms with E-state index in [2.05, 4.69) is 122 Å². The quantitative estimate of drug-likeness (QED) is 0.144. The molecule has 2 aromatic heterocycles. The van der Waals surface area contributed by atoms with Gasteiger partial charge >= 0.3 is 21.1 Å². The van der Waals surface area contributed by atoms with E-state index in [1.54, 1.807) is 0 Å². The fourth-order valence-corrected chi connectivity index (χ4v) is 5.39. The van der Waals surface area contributed by atoms with Gasteiger partial charge in [-0.3, -0.25) is 14.3 Å². The van der Waals surface area contributed by atoms with Crippen molar-refractivity contribution in [2.75, 3.05) is 9.80 Å². The summed E-state index contributed by atoms with van der Waals surface area (Å²) in [5, 5.41) is 9.99. The Morgan fingerprint density at radius 2 is 1.02 bits per heavy atom. The molecule has 46 heavy (non-hydrogen) atoms. The second kappa shape index (κ2) is 13.4. The number of para-hydroxylation sites is 2. The molecule has 0 saturated heterocycles. The first-order chi connectivity index (χ1) is 22.0. The van der Waals surface area contributed by atoms with E-state index < -0.39 is 0 Å². The number of hydrogen-bond acceptors (Lipinski definition) is 4. The van der Waals surface area contributed by atoms with Crippen LogP contribution in [0.3, 0.4) is 0 Å². The second-order valence-corrected chi connectivity index (χ2v) is 11.0. The molecule has 0 saturated carbocycles. The number of aromatic nitrogens is 4. The first-order valence-electron chi connectivity index (χ1n) is 14.9. The van der Waals surface area contributed by atoms with Crippen molar-refractivity contribution in [2.24, 2.45) is 0 Å². The van der Waals surface area contributed by atoms with Crippen LogP contribution in [0.1, 0.15) is 16.8 Å². The van der Waals surface area contributed by atoms with E-state index in [1.807, 2.05) is 70.2 Å². The van der Waals surface area contributed by atoms with Crippen molar-refractivity contribution >= 4 is 34.4 Å². The Morgan fingerprint density at radius 1 is 0.522 bits per heavy atom. The van der Waals surface area contributed by atoms with Gasteiger partial charge in [-0.25, -0.2) is 0 Å². The Balaban J connectivity index is 0.00000372. The van der Waals surface area contributed by atoms with Crippen molar-refractivity contribution in [3.05, 3.63) is 169 Å². The molecule has 0 atom stereocenters. The molecule has 0 aliphatic heterocycles. The predicted molar refractivity (Wildman–Crippen MR) is 182 cm³/mol. The molecule has 0 aliphatic rings. The summed E-state index contributed by atoms with van der Waals surface area (Å²) in [7, 11) is 0. The first-order valence-corrected chi connectivity index (χ1v) is 14.9. The van der Waals surface area contributed by atoms with E-state index in [-0.39, 0.29) is 21.1 Å². The number of benzene rings is 5. The number of aryl methyl sites for hydroxylation is 3. The summed E-state index contributed by atoms with van der Waals surface area (Å²) in [6.07, 6.45) is 1.95. The van der Waals surface area contributed by atoms with Gasteiger partial charge in [-0.1, -0.05) is 35.4 Å². The van der Waals surface area contributed by atoms with Gasteiger partial charge in [-0.2, -0.15) is 58.7 Å². The third-order valence-corrected chi connectivity index (χ3v) is 7.72. The van der Waals surface area contributed by atoms with Crippen LogP contribution in [-0.2, 0) is 21.1 Å². The van der Waals surface area contributed by atoms with E-state index in [9.17, 15) is 0 Å². The minimum Gasteiger partial charge on any atom is -0.311 e. The second-order valence-electron chi connectivity index (χ2n) is 11.0. The van der Waals surface area contributed by atoms with Gasteiger partial charge in [0, 0.05) is 46.8 Å². The third-order valence-electron chi connectivity index (χ3n) is 7.72. The molecule has 0 amide bonds. The van der Waals surface area contributed by atoms with Crippen molar-refractivity contribution < 1.29 is 21.1 Å². The van der Waals surface area contributed by atoms with Crippen LogP contribution in [-0.4, -0.2) is 19.6 Å². The summed E-state index contributed by atoms with van der Waals surface area (Å²) in [5.41, 5.74) is 9.38. The van der Waals surface area contributed by atoms with Crippen LogP contribution in [0, 0.1) is 32.9 Å². The maximum atomic E-state index is 5.03. The smallest absolute Gasteiger partial charge is 0.311 e. The fourth-order valence-electron chi connectivity index (χ4n) is 5.39. The summed E-state index contributed by atoms with van der Waals surface area (Å²) >= 11 is 0. The van der Waals surface area contributed by atoms with Gasteiger partial charge in [0.1, 0.15) is 0 Å². The van der Waals surface area contributed by atoms with Crippen molar-refractivity contribution in [3.8, 4) is 11.4 Å². The molecule has 6 nitrogen and oxygen atoms in total. The van der Waals surface area contributed by atoms with Crippen LogP contribution in [0.2, 0.25) is 0 Å². The third kappa shape index (κ3) is 6.30. The summed E-state index contributed by atoms with van der Waals surface area (Å²) < 4.78 is 3.75. The molecule has 228 valence electrons. The van der Waals surface area contributed by atoms with E-state index in [4.69, 9.17) is 10.2 Å². The molecule has 0 unspecified atom stereocenters. The molecule has 2 heterocycles. The average molecular weight is 780 g/mol.